The average molecular weight is 402 g/mol. The molecule has 0 atom stereocenters. The number of anilines is 2. The van der Waals surface area contributed by atoms with Gasteiger partial charge in [0.2, 0.25) is 5.91 Å². The van der Waals surface area contributed by atoms with Crippen LogP contribution in [-0.4, -0.2) is 31.4 Å². The second-order valence-corrected chi connectivity index (χ2v) is 6.28. The van der Waals surface area contributed by atoms with Gasteiger partial charge in [0.05, 0.1) is 11.4 Å². The molecule has 1 aromatic carbocycles. The standard InChI is InChI=1S/C19H20F2N6O2/c1-3-26-10-14(17(25-26)19(29)22-13-7-5-4-6-8-13)23-16(28)11-27-15(18(20)21)9-12(2)24-27/h4-10,18H,3,11H2,1-2H3,(H,22,29)(H,23,28). The zero-order valence-corrected chi connectivity index (χ0v) is 15.9. The Balaban J connectivity index is 1.77. The van der Waals surface area contributed by atoms with Crippen LogP contribution in [0.15, 0.2) is 42.6 Å². The Morgan fingerprint density at radius 1 is 1.14 bits per heavy atom. The van der Waals surface area contributed by atoms with E-state index in [9.17, 15) is 18.4 Å². The molecule has 0 aliphatic carbocycles. The smallest absolute Gasteiger partial charge is 0.280 e. The number of nitrogens with zero attached hydrogens (tertiary/aromatic N) is 4. The topological polar surface area (TPSA) is 93.8 Å². The van der Waals surface area contributed by atoms with Gasteiger partial charge < -0.3 is 10.6 Å². The minimum atomic E-state index is -2.75. The van der Waals surface area contributed by atoms with Crippen molar-refractivity contribution in [2.75, 3.05) is 10.6 Å². The van der Waals surface area contributed by atoms with Gasteiger partial charge in [0.15, 0.2) is 5.69 Å². The van der Waals surface area contributed by atoms with Crippen molar-refractivity contribution in [3.05, 3.63) is 59.7 Å². The van der Waals surface area contributed by atoms with Crippen LogP contribution in [0.2, 0.25) is 0 Å². The maximum absolute atomic E-state index is 13.1. The van der Waals surface area contributed by atoms with Gasteiger partial charge in [-0.1, -0.05) is 18.2 Å². The van der Waals surface area contributed by atoms with Crippen molar-refractivity contribution in [3.8, 4) is 0 Å². The van der Waals surface area contributed by atoms with Crippen LogP contribution in [0.4, 0.5) is 20.2 Å². The quantitative estimate of drug-likeness (QED) is 0.634. The maximum Gasteiger partial charge on any atom is 0.280 e. The van der Waals surface area contributed by atoms with E-state index in [0.29, 0.717) is 17.9 Å². The van der Waals surface area contributed by atoms with Crippen LogP contribution in [-0.2, 0) is 17.9 Å². The van der Waals surface area contributed by atoms with Crippen LogP contribution in [0, 0.1) is 6.92 Å². The zero-order chi connectivity index (χ0) is 21.0. The number of para-hydroxylation sites is 1. The van der Waals surface area contributed by atoms with E-state index in [1.165, 1.54) is 16.9 Å². The van der Waals surface area contributed by atoms with Crippen molar-refractivity contribution in [2.45, 2.75) is 33.4 Å². The molecule has 2 heterocycles. The van der Waals surface area contributed by atoms with Crippen molar-refractivity contribution in [1.82, 2.24) is 19.6 Å². The number of hydrogen-bond donors (Lipinski definition) is 2. The van der Waals surface area contributed by atoms with Crippen molar-refractivity contribution in [2.24, 2.45) is 0 Å². The fraction of sp³-hybridized carbons (Fsp3) is 0.263. The van der Waals surface area contributed by atoms with Gasteiger partial charge in [0.1, 0.15) is 12.2 Å². The summed E-state index contributed by atoms with van der Waals surface area (Å²) >= 11 is 0. The summed E-state index contributed by atoms with van der Waals surface area (Å²) in [5, 5.41) is 13.4. The fourth-order valence-corrected chi connectivity index (χ4v) is 2.75. The van der Waals surface area contributed by atoms with E-state index in [1.54, 1.807) is 31.2 Å². The Hall–Kier alpha value is -3.56. The van der Waals surface area contributed by atoms with Crippen molar-refractivity contribution in [3.63, 3.8) is 0 Å². The minimum absolute atomic E-state index is 0.0229. The van der Waals surface area contributed by atoms with Gasteiger partial charge in [-0.15, -0.1) is 0 Å². The van der Waals surface area contributed by atoms with Crippen LogP contribution < -0.4 is 10.6 Å². The van der Waals surface area contributed by atoms with E-state index in [2.05, 4.69) is 20.8 Å². The lowest BCUT2D eigenvalue weighted by atomic mass is 10.3. The SMILES string of the molecule is CCn1cc(NC(=O)Cn2nc(C)cc2C(F)F)c(C(=O)Nc2ccccc2)n1. The molecule has 0 fully saturated rings. The number of halogens is 2. The second kappa shape index (κ2) is 8.63. The summed E-state index contributed by atoms with van der Waals surface area (Å²) in [5.41, 5.74) is 0.829. The largest absolute Gasteiger partial charge is 0.321 e. The number of rotatable bonds is 7. The molecule has 2 aromatic heterocycles. The molecule has 3 rings (SSSR count). The number of aryl methyl sites for hydroxylation is 2. The highest BCUT2D eigenvalue weighted by molar-refractivity contribution is 6.08. The van der Waals surface area contributed by atoms with Gasteiger partial charge in [-0.05, 0) is 32.0 Å². The summed E-state index contributed by atoms with van der Waals surface area (Å²) in [5.74, 6) is -1.10. The van der Waals surface area contributed by atoms with Crippen molar-refractivity contribution >= 4 is 23.2 Å². The Morgan fingerprint density at radius 3 is 2.52 bits per heavy atom. The van der Waals surface area contributed by atoms with Crippen LogP contribution in [0.3, 0.4) is 0 Å². The Bertz CT molecular complexity index is 1010. The fourth-order valence-electron chi connectivity index (χ4n) is 2.75. The molecule has 0 aliphatic rings. The average Bonchev–Trinajstić information content (AvgIpc) is 3.25. The third-order valence-corrected chi connectivity index (χ3v) is 4.06. The van der Waals surface area contributed by atoms with Crippen molar-refractivity contribution in [1.29, 1.82) is 0 Å². The van der Waals surface area contributed by atoms with Gasteiger partial charge in [0.25, 0.3) is 12.3 Å². The van der Waals surface area contributed by atoms with E-state index in [1.807, 2.05) is 13.0 Å². The van der Waals surface area contributed by atoms with Crippen LogP contribution in [0.25, 0.3) is 0 Å². The lowest BCUT2D eigenvalue weighted by Crippen LogP contribution is -2.23. The van der Waals surface area contributed by atoms with Gasteiger partial charge in [-0.25, -0.2) is 8.78 Å². The van der Waals surface area contributed by atoms with Gasteiger partial charge in [0, 0.05) is 18.4 Å². The molecule has 29 heavy (non-hydrogen) atoms. The molecule has 10 heteroatoms. The molecule has 0 spiro atoms. The molecule has 0 aliphatic heterocycles. The normalized spacial score (nSPS) is 10.9. The molecule has 152 valence electrons. The first-order valence-corrected chi connectivity index (χ1v) is 8.93. The first-order valence-electron chi connectivity index (χ1n) is 8.93. The first-order chi connectivity index (χ1) is 13.9. The maximum atomic E-state index is 13.1. The lowest BCUT2D eigenvalue weighted by molar-refractivity contribution is -0.117. The highest BCUT2D eigenvalue weighted by atomic mass is 19.3. The Labute approximate surface area is 165 Å². The zero-order valence-electron chi connectivity index (χ0n) is 15.9. The summed E-state index contributed by atoms with van der Waals surface area (Å²) in [6.45, 7) is 3.47. The van der Waals surface area contributed by atoms with E-state index in [0.717, 1.165) is 4.68 Å². The molecule has 8 nitrogen and oxygen atoms in total. The summed E-state index contributed by atoms with van der Waals surface area (Å²) in [6.07, 6.45) is -1.24. The molecule has 3 aromatic rings. The number of aromatic nitrogens is 4. The van der Waals surface area contributed by atoms with Gasteiger partial charge in [-0.3, -0.25) is 19.0 Å². The summed E-state index contributed by atoms with van der Waals surface area (Å²) in [4.78, 5) is 25.0. The summed E-state index contributed by atoms with van der Waals surface area (Å²) < 4.78 is 28.6. The predicted molar refractivity (Wildman–Crippen MR) is 103 cm³/mol. The predicted octanol–water partition coefficient (Wildman–Crippen LogP) is 3.24. The molecular formula is C19H20F2N6O2. The third-order valence-electron chi connectivity index (χ3n) is 4.06. The van der Waals surface area contributed by atoms with E-state index < -0.39 is 24.8 Å². The van der Waals surface area contributed by atoms with Gasteiger partial charge >= 0.3 is 0 Å². The summed E-state index contributed by atoms with van der Waals surface area (Å²) in [7, 11) is 0. The third kappa shape index (κ3) is 4.84. The van der Waals surface area contributed by atoms with Crippen LogP contribution in [0.1, 0.15) is 35.2 Å². The Morgan fingerprint density at radius 2 is 1.86 bits per heavy atom. The summed E-state index contributed by atoms with van der Waals surface area (Å²) in [6, 6.07) is 10.0. The van der Waals surface area contributed by atoms with Gasteiger partial charge in [-0.2, -0.15) is 10.2 Å². The molecule has 0 radical (unpaired) electrons. The van der Waals surface area contributed by atoms with E-state index in [-0.39, 0.29) is 17.1 Å². The lowest BCUT2D eigenvalue weighted by Gasteiger charge is -2.08. The molecule has 2 N–H and O–H groups in total. The monoisotopic (exact) mass is 402 g/mol. The first kappa shape index (κ1) is 20.2. The minimum Gasteiger partial charge on any atom is -0.321 e. The van der Waals surface area contributed by atoms with Crippen LogP contribution in [0.5, 0.6) is 0 Å². The molecule has 0 saturated heterocycles. The molecule has 0 saturated carbocycles. The molecule has 0 unspecified atom stereocenters. The molecule has 0 bridgehead atoms. The van der Waals surface area contributed by atoms with E-state index in [4.69, 9.17) is 0 Å². The second-order valence-electron chi connectivity index (χ2n) is 6.28. The molecular weight excluding hydrogens is 382 g/mol. The number of benzene rings is 1. The van der Waals surface area contributed by atoms with Crippen LogP contribution >= 0.6 is 0 Å². The number of nitrogens with one attached hydrogen (secondary N) is 2. The molecule has 2 amide bonds. The number of amides is 2. The van der Waals surface area contributed by atoms with E-state index >= 15 is 0 Å². The number of hydrogen-bond acceptors (Lipinski definition) is 4. The van der Waals surface area contributed by atoms with Crippen molar-refractivity contribution < 1.29 is 18.4 Å². The highest BCUT2D eigenvalue weighted by Gasteiger charge is 2.21. The highest BCUT2D eigenvalue weighted by Crippen LogP contribution is 2.20. The number of alkyl halides is 2. The number of carbonyl (C=O) groups is 2. The number of carbonyl (C=O) groups excluding carboxylic acids is 2. The Kier molecular flexibility index (Phi) is 6.01.